The van der Waals surface area contributed by atoms with Crippen molar-refractivity contribution in [2.24, 2.45) is 11.7 Å². The summed E-state index contributed by atoms with van der Waals surface area (Å²) in [5, 5.41) is 15.8. The lowest BCUT2D eigenvalue weighted by Gasteiger charge is -2.30. The molecule has 6 rings (SSSR count). The minimum atomic E-state index is -1.58. The Morgan fingerprint density at radius 3 is 2.71 bits per heavy atom. The largest absolute Gasteiger partial charge is 0.494 e. The molecule has 1 saturated carbocycles. The van der Waals surface area contributed by atoms with E-state index in [1.165, 1.54) is 36.6 Å². The second kappa shape index (κ2) is 10.2. The lowest BCUT2D eigenvalue weighted by molar-refractivity contribution is -0.123. The van der Waals surface area contributed by atoms with E-state index < -0.39 is 28.6 Å². The first-order valence-electron chi connectivity index (χ1n) is 13.3. The minimum absolute atomic E-state index is 0.0231. The third-order valence-corrected chi connectivity index (χ3v) is 9.28. The van der Waals surface area contributed by atoms with Gasteiger partial charge in [0.15, 0.2) is 0 Å². The summed E-state index contributed by atoms with van der Waals surface area (Å²) in [6.07, 6.45) is 1.43. The molecular formula is C30H28ClFN4O5S. The Bertz CT molecular complexity index is 1780. The summed E-state index contributed by atoms with van der Waals surface area (Å²) in [6.45, 7) is 3.37. The van der Waals surface area contributed by atoms with Gasteiger partial charge in [-0.05, 0) is 69.0 Å². The fourth-order valence-electron chi connectivity index (χ4n) is 5.37. The van der Waals surface area contributed by atoms with Crippen LogP contribution in [0.4, 0.5) is 4.39 Å². The highest BCUT2D eigenvalue weighted by Crippen LogP contribution is 2.50. The number of aliphatic hydroxyl groups is 1. The van der Waals surface area contributed by atoms with Crippen molar-refractivity contribution >= 4 is 45.0 Å². The zero-order valence-corrected chi connectivity index (χ0v) is 24.7. The van der Waals surface area contributed by atoms with Crippen LogP contribution in [0.25, 0.3) is 21.5 Å². The van der Waals surface area contributed by atoms with Crippen LogP contribution >= 0.6 is 22.9 Å². The monoisotopic (exact) mass is 610 g/mol. The number of ether oxygens (including phenoxy) is 2. The third kappa shape index (κ3) is 4.65. The van der Waals surface area contributed by atoms with Gasteiger partial charge in [0.1, 0.15) is 46.1 Å². The van der Waals surface area contributed by atoms with Gasteiger partial charge in [0.2, 0.25) is 5.91 Å². The molecule has 2 amide bonds. The highest BCUT2D eigenvalue weighted by molar-refractivity contribution is 7.18. The van der Waals surface area contributed by atoms with Crippen molar-refractivity contribution in [3.8, 4) is 22.8 Å². The molecule has 2 aliphatic rings. The predicted molar refractivity (Wildman–Crippen MR) is 157 cm³/mol. The van der Waals surface area contributed by atoms with Crippen LogP contribution in [0.5, 0.6) is 11.5 Å². The number of primary amides is 1. The number of fused-ring (bicyclic) bond motifs is 2. The normalized spacial score (nSPS) is 19.2. The standard InChI is InChI=1S/C30H28ClFN4O5S/c1-14-35-25-21(40-3)9-16(10-22(25)42-14)27(37)34-12-30(39,17-5-6-17)23-11-18-26(41-13-29(18,2)28(33)38)24(36-23)15-4-7-20(32)19(31)8-15/h4,7-11,17,39H,5-6,12-13H2,1-3H3,(H2,33,38)(H,34,37)/t29-,30?/m0/s1. The number of nitrogens with two attached hydrogens (primary N) is 1. The number of methoxy groups -OCH3 is 1. The van der Waals surface area contributed by atoms with Gasteiger partial charge < -0.3 is 25.6 Å². The van der Waals surface area contributed by atoms with Crippen molar-refractivity contribution < 1.29 is 28.6 Å². The van der Waals surface area contributed by atoms with Crippen LogP contribution in [0.3, 0.4) is 0 Å². The number of carbonyl (C=O) groups is 2. The molecule has 0 bridgehead atoms. The van der Waals surface area contributed by atoms with Gasteiger partial charge >= 0.3 is 0 Å². The zero-order chi connectivity index (χ0) is 30.0. The number of aromatic nitrogens is 2. The van der Waals surface area contributed by atoms with Gasteiger partial charge in [0.25, 0.3) is 5.91 Å². The van der Waals surface area contributed by atoms with E-state index in [0.29, 0.717) is 46.5 Å². The van der Waals surface area contributed by atoms with Crippen molar-refractivity contribution in [1.29, 1.82) is 0 Å². The second-order valence-corrected chi connectivity index (χ2v) is 12.6. The van der Waals surface area contributed by atoms with Gasteiger partial charge in [-0.2, -0.15) is 0 Å². The van der Waals surface area contributed by atoms with Crippen LogP contribution in [-0.2, 0) is 15.8 Å². The summed E-state index contributed by atoms with van der Waals surface area (Å²) in [6, 6.07) is 9.11. The molecule has 2 atom stereocenters. The van der Waals surface area contributed by atoms with E-state index in [0.717, 1.165) is 9.71 Å². The first kappa shape index (κ1) is 28.3. The molecule has 1 unspecified atom stereocenters. The average Bonchev–Trinajstić information content (AvgIpc) is 3.68. The number of hydrogen-bond acceptors (Lipinski definition) is 8. The van der Waals surface area contributed by atoms with E-state index in [2.05, 4.69) is 10.3 Å². The fraction of sp³-hybridized carbons (Fsp3) is 0.333. The van der Waals surface area contributed by atoms with Crippen molar-refractivity contribution in [1.82, 2.24) is 15.3 Å². The van der Waals surface area contributed by atoms with Crippen molar-refractivity contribution in [2.75, 3.05) is 20.3 Å². The van der Waals surface area contributed by atoms with Gasteiger partial charge in [0.05, 0.1) is 34.1 Å². The topological polar surface area (TPSA) is 137 Å². The Labute approximate surface area is 249 Å². The smallest absolute Gasteiger partial charge is 0.251 e. The number of halogens is 2. The second-order valence-electron chi connectivity index (χ2n) is 11.0. The molecular weight excluding hydrogens is 583 g/mol. The van der Waals surface area contributed by atoms with Crippen LogP contribution in [0.1, 0.15) is 46.4 Å². The van der Waals surface area contributed by atoms with Crippen molar-refractivity contribution in [3.05, 3.63) is 69.1 Å². The highest BCUT2D eigenvalue weighted by Gasteiger charge is 2.50. The molecule has 9 nitrogen and oxygen atoms in total. The van der Waals surface area contributed by atoms with Crippen LogP contribution < -0.4 is 20.5 Å². The number of pyridine rings is 1. The SMILES string of the molecule is COc1cc(C(=O)NCC(O)(c2cc3c(c(-c4ccc(F)c(Cl)c4)n2)OC[C@]3(C)C(N)=O)C2CC2)cc2sc(C)nc12. The van der Waals surface area contributed by atoms with Gasteiger partial charge in [0, 0.05) is 16.7 Å². The Hall–Kier alpha value is -3.80. The molecule has 0 spiro atoms. The van der Waals surface area contributed by atoms with E-state index in [9.17, 15) is 19.1 Å². The number of amides is 2. The van der Waals surface area contributed by atoms with Crippen molar-refractivity contribution in [3.63, 3.8) is 0 Å². The van der Waals surface area contributed by atoms with E-state index in [1.54, 1.807) is 25.1 Å². The number of hydrogen-bond donors (Lipinski definition) is 3. The molecule has 0 saturated heterocycles. The number of nitrogens with zero attached hydrogens (tertiary/aromatic N) is 2. The predicted octanol–water partition coefficient (Wildman–Crippen LogP) is 4.63. The Morgan fingerprint density at radius 2 is 2.05 bits per heavy atom. The molecule has 2 aromatic carbocycles. The Kier molecular flexibility index (Phi) is 6.87. The van der Waals surface area contributed by atoms with Gasteiger partial charge in [-0.1, -0.05) is 11.6 Å². The number of thiazole rings is 1. The zero-order valence-electron chi connectivity index (χ0n) is 23.1. The first-order chi connectivity index (χ1) is 19.9. The molecule has 4 N–H and O–H groups in total. The summed E-state index contributed by atoms with van der Waals surface area (Å²) >= 11 is 7.54. The lowest BCUT2D eigenvalue weighted by atomic mass is 9.81. The fourth-order valence-corrected chi connectivity index (χ4v) is 6.43. The van der Waals surface area contributed by atoms with E-state index >= 15 is 0 Å². The molecule has 0 radical (unpaired) electrons. The molecule has 42 heavy (non-hydrogen) atoms. The molecule has 3 heterocycles. The number of rotatable bonds is 8. The number of benzene rings is 2. The Balaban J connectivity index is 1.40. The summed E-state index contributed by atoms with van der Waals surface area (Å²) < 4.78 is 26.2. The summed E-state index contributed by atoms with van der Waals surface area (Å²) in [5.41, 5.74) is 5.48. The third-order valence-electron chi connectivity index (χ3n) is 8.07. The van der Waals surface area contributed by atoms with Crippen LogP contribution in [0.15, 0.2) is 36.4 Å². The maximum Gasteiger partial charge on any atom is 0.251 e. The number of carbonyl (C=O) groups excluding carboxylic acids is 2. The summed E-state index contributed by atoms with van der Waals surface area (Å²) in [5.74, 6) is -1.02. The van der Waals surface area contributed by atoms with Gasteiger partial charge in [-0.15, -0.1) is 11.3 Å². The van der Waals surface area contributed by atoms with Crippen LogP contribution in [0, 0.1) is 18.7 Å². The minimum Gasteiger partial charge on any atom is -0.494 e. The summed E-state index contributed by atoms with van der Waals surface area (Å²) in [4.78, 5) is 35.2. The molecule has 12 heteroatoms. The molecule has 1 fully saturated rings. The molecule has 1 aliphatic heterocycles. The van der Waals surface area contributed by atoms with Gasteiger partial charge in [-0.25, -0.2) is 14.4 Å². The maximum absolute atomic E-state index is 14.0. The highest BCUT2D eigenvalue weighted by atomic mass is 35.5. The quantitative estimate of drug-likeness (QED) is 0.265. The number of aryl methyl sites for hydroxylation is 1. The van der Waals surface area contributed by atoms with E-state index in [-0.39, 0.29) is 35.5 Å². The molecule has 2 aromatic heterocycles. The Morgan fingerprint density at radius 1 is 1.29 bits per heavy atom. The summed E-state index contributed by atoms with van der Waals surface area (Å²) in [7, 11) is 1.52. The molecule has 1 aliphatic carbocycles. The van der Waals surface area contributed by atoms with Crippen molar-refractivity contribution in [2.45, 2.75) is 37.7 Å². The molecule has 218 valence electrons. The maximum atomic E-state index is 14.0. The number of nitrogens with one attached hydrogen (secondary N) is 1. The van der Waals surface area contributed by atoms with Crippen LogP contribution in [0.2, 0.25) is 5.02 Å². The first-order valence-corrected chi connectivity index (χ1v) is 14.5. The molecule has 4 aromatic rings. The average molecular weight is 611 g/mol. The lowest BCUT2D eigenvalue weighted by Crippen LogP contribution is -2.44. The van der Waals surface area contributed by atoms with Gasteiger partial charge in [-0.3, -0.25) is 9.59 Å². The van der Waals surface area contributed by atoms with E-state index in [1.807, 2.05) is 6.92 Å². The van der Waals surface area contributed by atoms with Crippen LogP contribution in [-0.4, -0.2) is 47.2 Å². The van der Waals surface area contributed by atoms with E-state index in [4.69, 9.17) is 31.8 Å².